The molecule has 0 spiro atoms. The molecule has 114 valence electrons. The molecule has 0 aliphatic carbocycles. The summed E-state index contributed by atoms with van der Waals surface area (Å²) in [6.07, 6.45) is 3.29. The monoisotopic (exact) mass is 312 g/mol. The third-order valence-electron chi connectivity index (χ3n) is 4.90. The van der Waals surface area contributed by atoms with Gasteiger partial charge in [0.15, 0.2) is 0 Å². The van der Waals surface area contributed by atoms with Crippen LogP contribution in [-0.2, 0) is 6.54 Å². The summed E-state index contributed by atoms with van der Waals surface area (Å²) in [4.78, 5) is 13.6. The molecule has 1 N–H and O–H groups in total. The van der Waals surface area contributed by atoms with E-state index in [-0.39, 0.29) is 5.56 Å². The summed E-state index contributed by atoms with van der Waals surface area (Å²) >= 11 is 1.75. The van der Waals surface area contributed by atoms with Gasteiger partial charge in [-0.05, 0) is 48.9 Å². The minimum absolute atomic E-state index is 0.149. The second-order valence-corrected chi connectivity index (χ2v) is 7.15. The molecule has 2 bridgehead atoms. The first-order valence-electron chi connectivity index (χ1n) is 7.85. The maximum Gasteiger partial charge on any atom is 0.250 e. The molecule has 3 heterocycles. The number of hydrogen-bond donors (Lipinski definition) is 1. The van der Waals surface area contributed by atoms with Crippen molar-refractivity contribution in [1.82, 2.24) is 9.88 Å². The van der Waals surface area contributed by atoms with Crippen LogP contribution in [0, 0.1) is 5.92 Å². The molecule has 2 aliphatic rings. The lowest BCUT2D eigenvalue weighted by molar-refractivity contribution is 0.258. The largest absolute Gasteiger partial charge is 0.316 e. The lowest BCUT2D eigenvalue weighted by atomic mass is 9.81. The molecule has 2 atom stereocenters. The molecular weight excluding hydrogens is 292 g/mol. The highest BCUT2D eigenvalue weighted by atomic mass is 32.2. The lowest BCUT2D eigenvalue weighted by Crippen LogP contribution is -2.45. The smallest absolute Gasteiger partial charge is 0.250 e. The maximum absolute atomic E-state index is 12.3. The van der Waals surface area contributed by atoms with Crippen LogP contribution >= 0.6 is 11.8 Å². The van der Waals surface area contributed by atoms with E-state index in [1.165, 1.54) is 28.1 Å². The van der Waals surface area contributed by atoms with Crippen molar-refractivity contribution in [2.24, 2.45) is 5.92 Å². The zero-order chi connectivity index (χ0) is 15.1. The highest BCUT2D eigenvalue weighted by Crippen LogP contribution is 2.37. The van der Waals surface area contributed by atoms with Crippen LogP contribution in [-0.4, -0.2) is 23.9 Å². The van der Waals surface area contributed by atoms with Gasteiger partial charge in [0, 0.05) is 41.2 Å². The van der Waals surface area contributed by atoms with Gasteiger partial charge in [-0.25, -0.2) is 0 Å². The maximum atomic E-state index is 12.3. The predicted molar refractivity (Wildman–Crippen MR) is 91.6 cm³/mol. The molecule has 4 heteroatoms. The van der Waals surface area contributed by atoms with Crippen molar-refractivity contribution in [3.8, 4) is 11.1 Å². The summed E-state index contributed by atoms with van der Waals surface area (Å²) in [6, 6.07) is 12.4. The summed E-state index contributed by atoms with van der Waals surface area (Å²) in [7, 11) is 0. The van der Waals surface area contributed by atoms with Gasteiger partial charge in [0.2, 0.25) is 0 Å². The van der Waals surface area contributed by atoms with E-state index in [1.54, 1.807) is 17.8 Å². The van der Waals surface area contributed by atoms with Gasteiger partial charge in [-0.2, -0.15) is 0 Å². The van der Waals surface area contributed by atoms with Gasteiger partial charge in [0.25, 0.3) is 5.56 Å². The van der Waals surface area contributed by atoms with Gasteiger partial charge in [0.1, 0.15) is 0 Å². The van der Waals surface area contributed by atoms with Crippen molar-refractivity contribution < 1.29 is 0 Å². The number of rotatable bonds is 2. The first kappa shape index (κ1) is 14.1. The number of fused-ring (bicyclic) bond motifs is 4. The fraction of sp³-hybridized carbons (Fsp3) is 0.389. The Morgan fingerprint density at radius 3 is 2.73 bits per heavy atom. The van der Waals surface area contributed by atoms with Crippen LogP contribution in [0.25, 0.3) is 11.1 Å². The van der Waals surface area contributed by atoms with Gasteiger partial charge < -0.3 is 9.88 Å². The zero-order valence-corrected chi connectivity index (χ0v) is 13.5. The van der Waals surface area contributed by atoms with Crippen molar-refractivity contribution in [2.75, 3.05) is 19.3 Å². The Kier molecular flexibility index (Phi) is 3.59. The van der Waals surface area contributed by atoms with Crippen molar-refractivity contribution in [2.45, 2.75) is 23.8 Å². The Morgan fingerprint density at radius 2 is 1.95 bits per heavy atom. The summed E-state index contributed by atoms with van der Waals surface area (Å²) in [6.45, 7) is 2.87. The van der Waals surface area contributed by atoms with Crippen molar-refractivity contribution in [3.63, 3.8) is 0 Å². The fourth-order valence-corrected chi connectivity index (χ4v) is 4.28. The third-order valence-corrected chi connectivity index (χ3v) is 5.64. The number of hydrogen-bond acceptors (Lipinski definition) is 3. The Hall–Kier alpha value is -1.52. The van der Waals surface area contributed by atoms with Gasteiger partial charge in [-0.1, -0.05) is 12.1 Å². The summed E-state index contributed by atoms with van der Waals surface area (Å²) in [5.74, 6) is 1.05. The predicted octanol–water partition coefficient (Wildman–Crippen LogP) is 2.94. The van der Waals surface area contributed by atoms with Gasteiger partial charge in [0.05, 0.1) is 0 Å². The third kappa shape index (κ3) is 2.31. The van der Waals surface area contributed by atoms with Crippen LogP contribution in [0.15, 0.2) is 46.1 Å². The molecule has 0 saturated carbocycles. The molecule has 0 radical (unpaired) electrons. The summed E-state index contributed by atoms with van der Waals surface area (Å²) < 4.78 is 2.03. The van der Waals surface area contributed by atoms with Crippen LogP contribution in [0.5, 0.6) is 0 Å². The average molecular weight is 312 g/mol. The van der Waals surface area contributed by atoms with Crippen molar-refractivity contribution in [1.29, 1.82) is 0 Å². The number of benzene rings is 1. The number of thioether (sulfide) groups is 1. The molecule has 1 fully saturated rings. The molecule has 2 aliphatic heterocycles. The molecule has 4 rings (SSSR count). The molecule has 1 aromatic heterocycles. The van der Waals surface area contributed by atoms with Gasteiger partial charge in [-0.3, -0.25) is 4.79 Å². The molecule has 1 saturated heterocycles. The van der Waals surface area contributed by atoms with E-state index in [1.807, 2.05) is 10.6 Å². The normalized spacial score (nSPS) is 23.1. The summed E-state index contributed by atoms with van der Waals surface area (Å²) in [5.41, 5.74) is 3.81. The van der Waals surface area contributed by atoms with Crippen LogP contribution in [0.4, 0.5) is 0 Å². The van der Waals surface area contributed by atoms with E-state index in [4.69, 9.17) is 0 Å². The second kappa shape index (κ2) is 5.60. The molecule has 3 nitrogen and oxygen atoms in total. The van der Waals surface area contributed by atoms with E-state index in [0.717, 1.165) is 19.6 Å². The Balaban J connectivity index is 1.86. The Bertz CT molecular complexity index is 751. The van der Waals surface area contributed by atoms with Crippen LogP contribution in [0.1, 0.15) is 18.0 Å². The van der Waals surface area contributed by atoms with Crippen LogP contribution in [0.3, 0.4) is 0 Å². The molecule has 0 amide bonds. The number of aromatic nitrogens is 1. The highest BCUT2D eigenvalue weighted by Gasteiger charge is 2.32. The molecule has 0 unspecified atom stereocenters. The molecule has 2 aromatic rings. The zero-order valence-electron chi connectivity index (χ0n) is 12.7. The van der Waals surface area contributed by atoms with Gasteiger partial charge in [-0.15, -0.1) is 11.8 Å². The first-order chi connectivity index (χ1) is 10.8. The second-order valence-electron chi connectivity index (χ2n) is 6.27. The van der Waals surface area contributed by atoms with E-state index >= 15 is 0 Å². The van der Waals surface area contributed by atoms with Gasteiger partial charge >= 0.3 is 0 Å². The summed E-state index contributed by atoms with van der Waals surface area (Å²) in [5, 5.41) is 3.53. The van der Waals surface area contributed by atoms with Crippen molar-refractivity contribution >= 4 is 11.8 Å². The standard InChI is InChI=1S/C18H20N2OS/c1-22-15-4-2-13(3-5-15)16-6-7-17(21)20-11-12-8-14(18(16)20)10-19-9-12/h2-7,12,14,19H,8-11H2,1H3/t12-,14+/m0/s1. The number of pyridine rings is 1. The van der Waals surface area contributed by atoms with Crippen LogP contribution in [0.2, 0.25) is 0 Å². The Morgan fingerprint density at radius 1 is 1.14 bits per heavy atom. The molecule has 1 aromatic carbocycles. The van der Waals surface area contributed by atoms with Crippen LogP contribution < -0.4 is 10.9 Å². The first-order valence-corrected chi connectivity index (χ1v) is 9.07. The number of piperidine rings is 1. The fourth-order valence-electron chi connectivity index (χ4n) is 3.87. The lowest BCUT2D eigenvalue weighted by Gasteiger charge is -2.38. The van der Waals surface area contributed by atoms with E-state index in [9.17, 15) is 4.79 Å². The number of nitrogens with zero attached hydrogens (tertiary/aromatic N) is 1. The molecule has 22 heavy (non-hydrogen) atoms. The van der Waals surface area contributed by atoms with E-state index < -0.39 is 0 Å². The minimum Gasteiger partial charge on any atom is -0.316 e. The average Bonchev–Trinajstić information content (AvgIpc) is 2.56. The highest BCUT2D eigenvalue weighted by molar-refractivity contribution is 7.98. The Labute approximate surface area is 134 Å². The molecular formula is C18H20N2OS. The number of nitrogens with one attached hydrogen (secondary N) is 1. The quantitative estimate of drug-likeness (QED) is 0.866. The van der Waals surface area contributed by atoms with E-state index in [0.29, 0.717) is 11.8 Å². The minimum atomic E-state index is 0.149. The SMILES string of the molecule is CSc1ccc(-c2ccc(=O)n3c2[C@H]2CNC[C@H](C2)C3)cc1. The van der Waals surface area contributed by atoms with Crippen molar-refractivity contribution in [3.05, 3.63) is 52.4 Å². The van der Waals surface area contributed by atoms with E-state index in [2.05, 4.69) is 35.8 Å². The topological polar surface area (TPSA) is 34.0 Å².